The molecule has 14 rings (SSSR count). The van der Waals surface area contributed by atoms with Crippen LogP contribution in [0.15, 0.2) is 231 Å². The molecule has 0 N–H and O–H groups in total. The highest BCUT2D eigenvalue weighted by Gasteiger charge is 2.51. The molecular weight excluding hydrogens is 794 g/mol. The summed E-state index contributed by atoms with van der Waals surface area (Å²) in [5.41, 5.74) is 19.1. The monoisotopic (exact) mass is 831 g/mol. The summed E-state index contributed by atoms with van der Waals surface area (Å²) < 4.78 is 19.7. The van der Waals surface area contributed by atoms with Gasteiger partial charge in [0, 0.05) is 38.6 Å². The van der Waals surface area contributed by atoms with Crippen molar-refractivity contribution in [2.45, 2.75) is 5.41 Å². The van der Waals surface area contributed by atoms with E-state index in [1.165, 1.54) is 56.0 Å². The van der Waals surface area contributed by atoms with Crippen LogP contribution in [0.1, 0.15) is 22.3 Å². The highest BCUT2D eigenvalue weighted by atomic mass is 19.1. The maximum Gasteiger partial charge on any atom is 0.125 e. The molecule has 0 amide bonds. The molecule has 0 fully saturated rings. The smallest absolute Gasteiger partial charge is 0.125 e. The van der Waals surface area contributed by atoms with E-state index in [0.29, 0.717) is 0 Å². The molecular formula is C61H38FN3. The average Bonchev–Trinajstić information content (AvgIpc) is 4.07. The lowest BCUT2D eigenvalue weighted by molar-refractivity contribution is 0.627. The molecule has 65 heavy (non-hydrogen) atoms. The molecule has 12 aromatic rings. The number of hydrogen-bond acceptors (Lipinski definition) is 1. The Kier molecular flexibility index (Phi) is 7.50. The van der Waals surface area contributed by atoms with Crippen LogP contribution >= 0.6 is 0 Å². The van der Waals surface area contributed by atoms with Gasteiger partial charge in [-0.15, -0.1) is 0 Å². The van der Waals surface area contributed by atoms with Crippen molar-refractivity contribution in [3.8, 4) is 33.6 Å². The van der Waals surface area contributed by atoms with Crippen molar-refractivity contribution < 1.29 is 4.39 Å². The summed E-state index contributed by atoms with van der Waals surface area (Å²) in [4.78, 5) is 2.50. The van der Waals surface area contributed by atoms with Crippen molar-refractivity contribution in [1.29, 1.82) is 0 Å². The Morgan fingerprint density at radius 1 is 0.338 bits per heavy atom. The Hall–Kier alpha value is -8.47. The molecule has 0 aliphatic heterocycles. The van der Waals surface area contributed by atoms with Crippen LogP contribution in [-0.4, -0.2) is 9.13 Å². The third-order valence-corrected chi connectivity index (χ3v) is 14.2. The van der Waals surface area contributed by atoms with Crippen molar-refractivity contribution in [2.24, 2.45) is 0 Å². The topological polar surface area (TPSA) is 13.1 Å². The lowest BCUT2D eigenvalue weighted by Crippen LogP contribution is -2.26. The molecule has 2 aromatic heterocycles. The van der Waals surface area contributed by atoms with Gasteiger partial charge in [0.1, 0.15) is 5.82 Å². The molecule has 10 aromatic carbocycles. The number of hydrogen-bond donors (Lipinski definition) is 0. The Morgan fingerprint density at radius 2 is 0.785 bits per heavy atom. The van der Waals surface area contributed by atoms with Crippen LogP contribution in [0.2, 0.25) is 0 Å². The van der Waals surface area contributed by atoms with Gasteiger partial charge < -0.3 is 14.0 Å². The van der Waals surface area contributed by atoms with Crippen molar-refractivity contribution in [3.63, 3.8) is 0 Å². The van der Waals surface area contributed by atoms with Crippen molar-refractivity contribution in [3.05, 3.63) is 259 Å². The summed E-state index contributed by atoms with van der Waals surface area (Å²) >= 11 is 0. The number of benzene rings is 10. The second kappa shape index (κ2) is 13.5. The van der Waals surface area contributed by atoms with E-state index >= 15 is 4.39 Å². The molecule has 0 radical (unpaired) electrons. The van der Waals surface area contributed by atoms with E-state index in [-0.39, 0.29) is 5.82 Å². The minimum absolute atomic E-state index is 0.268. The van der Waals surface area contributed by atoms with Gasteiger partial charge in [-0.05, 0) is 123 Å². The maximum atomic E-state index is 15.1. The summed E-state index contributed by atoms with van der Waals surface area (Å²) in [7, 11) is 0. The number of aromatic nitrogens is 2. The molecule has 304 valence electrons. The first kappa shape index (κ1) is 36.1. The number of para-hydroxylation sites is 3. The quantitative estimate of drug-likeness (QED) is 0.168. The van der Waals surface area contributed by atoms with Crippen LogP contribution in [-0.2, 0) is 5.41 Å². The standard InChI is InChI=1S/C61H38FN3/c62-39-17-14-20-41(37-39)64-54-30-13-8-25-48(54)60-56(64)32-16-34-58(60)65(57-33-15-31-55-59(57)47-24-7-12-29-53(47)63(55)40-18-2-1-3-19-40)42-35-36-46-45-23-6-11-28-51(45)61(52(46)38-42)49-26-9-4-21-43(49)44-22-5-10-27-50(44)61/h1-38H. The normalized spacial score (nSPS) is 13.1. The van der Waals surface area contributed by atoms with Gasteiger partial charge in [0.25, 0.3) is 0 Å². The van der Waals surface area contributed by atoms with E-state index in [1.54, 1.807) is 12.1 Å². The minimum atomic E-state index is -0.518. The zero-order valence-electron chi connectivity index (χ0n) is 35.2. The van der Waals surface area contributed by atoms with Crippen LogP contribution in [0.5, 0.6) is 0 Å². The molecule has 0 unspecified atom stereocenters. The molecule has 0 saturated carbocycles. The number of halogens is 1. The fourth-order valence-electron chi connectivity index (χ4n) is 11.8. The van der Waals surface area contributed by atoms with Gasteiger partial charge in [0.05, 0.1) is 38.9 Å². The molecule has 4 heteroatoms. The van der Waals surface area contributed by atoms with E-state index in [1.807, 2.05) is 6.07 Å². The SMILES string of the molecule is Fc1cccc(-n2c3ccccc3c3c(N(c4ccc5c(c4)C4(c6ccccc6-c6ccccc64)c4ccccc4-5)c4cccc5c4c4ccccc4n5-c4ccccc4)cccc32)c1. The number of rotatable bonds is 5. The molecule has 1 spiro atoms. The molecule has 2 heterocycles. The van der Waals surface area contributed by atoms with Gasteiger partial charge in [0.2, 0.25) is 0 Å². The van der Waals surface area contributed by atoms with Crippen LogP contribution < -0.4 is 4.90 Å². The summed E-state index contributed by atoms with van der Waals surface area (Å²) in [6.07, 6.45) is 0. The molecule has 0 atom stereocenters. The van der Waals surface area contributed by atoms with Crippen molar-refractivity contribution in [1.82, 2.24) is 9.13 Å². The fraction of sp³-hybridized carbons (Fsp3) is 0.0164. The summed E-state index contributed by atoms with van der Waals surface area (Å²) in [5.74, 6) is -0.268. The Labute approximate surface area is 375 Å². The predicted octanol–water partition coefficient (Wildman–Crippen LogP) is 15.8. The predicted molar refractivity (Wildman–Crippen MR) is 266 cm³/mol. The zero-order chi connectivity index (χ0) is 42.8. The maximum absolute atomic E-state index is 15.1. The zero-order valence-corrected chi connectivity index (χ0v) is 35.2. The van der Waals surface area contributed by atoms with Crippen LogP contribution in [0.4, 0.5) is 21.5 Å². The summed E-state index contributed by atoms with van der Waals surface area (Å²) in [6, 6.07) is 82.4. The molecule has 0 saturated heterocycles. The van der Waals surface area contributed by atoms with Gasteiger partial charge in [0.15, 0.2) is 0 Å². The third-order valence-electron chi connectivity index (χ3n) is 14.2. The van der Waals surface area contributed by atoms with E-state index in [9.17, 15) is 0 Å². The average molecular weight is 832 g/mol. The fourth-order valence-corrected chi connectivity index (χ4v) is 11.8. The highest BCUT2D eigenvalue weighted by Crippen LogP contribution is 2.63. The first-order valence-corrected chi connectivity index (χ1v) is 22.3. The van der Waals surface area contributed by atoms with Gasteiger partial charge in [-0.25, -0.2) is 4.39 Å². The Bertz CT molecular complexity index is 3870. The minimum Gasteiger partial charge on any atom is -0.309 e. The first-order chi connectivity index (χ1) is 32.2. The van der Waals surface area contributed by atoms with Gasteiger partial charge in [-0.1, -0.05) is 152 Å². The third kappa shape index (κ3) is 4.83. The highest BCUT2D eigenvalue weighted by molar-refractivity contribution is 6.21. The van der Waals surface area contributed by atoms with E-state index < -0.39 is 5.41 Å². The van der Waals surface area contributed by atoms with E-state index in [4.69, 9.17) is 0 Å². The van der Waals surface area contributed by atoms with Gasteiger partial charge >= 0.3 is 0 Å². The number of nitrogens with zero attached hydrogens (tertiary/aromatic N) is 3. The lowest BCUT2D eigenvalue weighted by atomic mass is 9.70. The Morgan fingerprint density at radius 3 is 1.35 bits per heavy atom. The first-order valence-electron chi connectivity index (χ1n) is 22.3. The lowest BCUT2D eigenvalue weighted by Gasteiger charge is -2.32. The van der Waals surface area contributed by atoms with Crippen molar-refractivity contribution in [2.75, 3.05) is 4.90 Å². The van der Waals surface area contributed by atoms with Crippen LogP contribution in [0.3, 0.4) is 0 Å². The second-order valence-corrected chi connectivity index (χ2v) is 17.3. The van der Waals surface area contributed by atoms with E-state index in [2.05, 4.69) is 220 Å². The van der Waals surface area contributed by atoms with Crippen LogP contribution in [0.25, 0.3) is 77.2 Å². The van der Waals surface area contributed by atoms with Gasteiger partial charge in [-0.3, -0.25) is 0 Å². The molecule has 2 aliphatic rings. The van der Waals surface area contributed by atoms with Gasteiger partial charge in [-0.2, -0.15) is 0 Å². The number of anilines is 3. The van der Waals surface area contributed by atoms with Crippen molar-refractivity contribution >= 4 is 60.7 Å². The van der Waals surface area contributed by atoms with Crippen LogP contribution in [0, 0.1) is 5.82 Å². The molecule has 3 nitrogen and oxygen atoms in total. The Balaban J connectivity index is 1.12. The summed E-state index contributed by atoms with van der Waals surface area (Å²) in [6.45, 7) is 0. The van der Waals surface area contributed by atoms with E-state index in [0.717, 1.165) is 66.7 Å². The summed E-state index contributed by atoms with van der Waals surface area (Å²) in [5, 5.41) is 4.51. The molecule has 0 bridgehead atoms. The number of fused-ring (bicyclic) bond motifs is 16. The second-order valence-electron chi connectivity index (χ2n) is 17.3. The largest absolute Gasteiger partial charge is 0.309 e. The molecule has 2 aliphatic carbocycles.